The molecule has 0 bridgehead atoms. The van der Waals surface area contributed by atoms with E-state index in [1.54, 1.807) is 0 Å². The van der Waals surface area contributed by atoms with Crippen molar-refractivity contribution in [3.05, 3.63) is 188 Å². The van der Waals surface area contributed by atoms with Gasteiger partial charge in [-0.1, -0.05) is 115 Å². The average molecular weight is 650 g/mol. The van der Waals surface area contributed by atoms with E-state index in [0.717, 1.165) is 17.1 Å². The molecule has 0 saturated heterocycles. The molecule has 0 saturated carbocycles. The Kier molecular flexibility index (Phi) is 5.96. The molecule has 51 heavy (non-hydrogen) atoms. The van der Waals surface area contributed by atoms with Crippen LogP contribution in [0.5, 0.6) is 0 Å². The molecule has 0 spiro atoms. The van der Waals surface area contributed by atoms with Gasteiger partial charge in [-0.2, -0.15) is 0 Å². The highest BCUT2D eigenvalue weighted by molar-refractivity contribution is 6.12. The van der Waals surface area contributed by atoms with E-state index in [2.05, 4.69) is 202 Å². The summed E-state index contributed by atoms with van der Waals surface area (Å²) in [6.45, 7) is 0. The second-order valence-corrected chi connectivity index (χ2v) is 13.4. The van der Waals surface area contributed by atoms with Crippen LogP contribution < -0.4 is 0 Å². The summed E-state index contributed by atoms with van der Waals surface area (Å²) in [6.07, 6.45) is 0. The summed E-state index contributed by atoms with van der Waals surface area (Å²) in [5, 5.41) is 7.59. The molecule has 0 aliphatic carbocycles. The molecular weight excluding hydrogens is 619 g/mol. The van der Waals surface area contributed by atoms with Gasteiger partial charge in [-0.05, 0) is 83.9 Å². The Morgan fingerprint density at radius 1 is 0.216 bits per heavy atom. The van der Waals surface area contributed by atoms with Crippen LogP contribution >= 0.6 is 0 Å². The maximum Gasteiger partial charge on any atom is 0.0541 e. The smallest absolute Gasteiger partial charge is 0.0541 e. The van der Waals surface area contributed by atoms with Gasteiger partial charge in [0.25, 0.3) is 0 Å². The lowest BCUT2D eigenvalue weighted by molar-refractivity contribution is 1.13. The van der Waals surface area contributed by atoms with E-state index >= 15 is 0 Å². The van der Waals surface area contributed by atoms with Crippen molar-refractivity contribution in [1.29, 1.82) is 0 Å². The lowest BCUT2D eigenvalue weighted by atomic mass is 10.0. The average Bonchev–Trinajstić information content (AvgIpc) is 3.84. The van der Waals surface area contributed by atoms with E-state index in [4.69, 9.17) is 0 Å². The number of fused-ring (bicyclic) bond motifs is 9. The number of para-hydroxylation sites is 5. The molecule has 0 fully saturated rings. The molecule has 11 rings (SSSR count). The Bertz CT molecular complexity index is 3030. The van der Waals surface area contributed by atoms with Gasteiger partial charge in [-0.25, -0.2) is 0 Å². The van der Waals surface area contributed by atoms with E-state index in [0.29, 0.717) is 0 Å². The molecule has 0 amide bonds. The van der Waals surface area contributed by atoms with Crippen LogP contribution in [0.2, 0.25) is 0 Å². The summed E-state index contributed by atoms with van der Waals surface area (Å²) in [7, 11) is 0. The molecule has 8 aromatic carbocycles. The minimum absolute atomic E-state index is 1.14. The van der Waals surface area contributed by atoms with Crippen LogP contribution in [0.4, 0.5) is 0 Å². The monoisotopic (exact) mass is 649 g/mol. The Morgan fingerprint density at radius 2 is 0.569 bits per heavy atom. The highest BCUT2D eigenvalue weighted by Crippen LogP contribution is 2.38. The van der Waals surface area contributed by atoms with Crippen LogP contribution in [-0.2, 0) is 0 Å². The van der Waals surface area contributed by atoms with E-state index in [9.17, 15) is 0 Å². The number of hydrogen-bond acceptors (Lipinski definition) is 0. The van der Waals surface area contributed by atoms with Gasteiger partial charge in [0.05, 0.1) is 33.1 Å². The molecule has 0 aliphatic rings. The Hall–Kier alpha value is -6.84. The first-order valence-electron chi connectivity index (χ1n) is 17.5. The third-order valence-electron chi connectivity index (χ3n) is 10.6. The van der Waals surface area contributed by atoms with Gasteiger partial charge >= 0.3 is 0 Å². The first-order chi connectivity index (χ1) is 25.3. The van der Waals surface area contributed by atoms with Crippen LogP contribution in [0, 0.1) is 0 Å². The lowest BCUT2D eigenvalue weighted by Gasteiger charge is -2.13. The summed E-state index contributed by atoms with van der Waals surface area (Å²) < 4.78 is 7.18. The van der Waals surface area contributed by atoms with Crippen LogP contribution in [-0.4, -0.2) is 13.7 Å². The number of hydrogen-bond donors (Lipinski definition) is 0. The summed E-state index contributed by atoms with van der Waals surface area (Å²) >= 11 is 0. The van der Waals surface area contributed by atoms with E-state index in [1.165, 1.54) is 76.5 Å². The largest absolute Gasteiger partial charge is 0.309 e. The van der Waals surface area contributed by atoms with Gasteiger partial charge in [-0.15, -0.1) is 0 Å². The van der Waals surface area contributed by atoms with Crippen molar-refractivity contribution >= 4 is 65.4 Å². The number of rotatable bonds is 4. The van der Waals surface area contributed by atoms with Crippen LogP contribution in [0.15, 0.2) is 188 Å². The second kappa shape index (κ2) is 10.8. The van der Waals surface area contributed by atoms with Crippen LogP contribution in [0.3, 0.4) is 0 Å². The maximum absolute atomic E-state index is 2.41. The van der Waals surface area contributed by atoms with Crippen molar-refractivity contribution in [3.8, 4) is 28.2 Å². The second-order valence-electron chi connectivity index (χ2n) is 13.4. The number of aromatic nitrogens is 3. The van der Waals surface area contributed by atoms with Gasteiger partial charge < -0.3 is 13.7 Å². The van der Waals surface area contributed by atoms with Gasteiger partial charge in [0, 0.05) is 49.4 Å². The van der Waals surface area contributed by atoms with Crippen molar-refractivity contribution in [2.24, 2.45) is 0 Å². The van der Waals surface area contributed by atoms with Gasteiger partial charge in [0.1, 0.15) is 0 Å². The molecule has 238 valence electrons. The van der Waals surface area contributed by atoms with Crippen molar-refractivity contribution in [3.63, 3.8) is 0 Å². The van der Waals surface area contributed by atoms with Gasteiger partial charge in [0.15, 0.2) is 0 Å². The maximum atomic E-state index is 2.41. The minimum atomic E-state index is 1.14. The molecule has 0 radical (unpaired) electrons. The third-order valence-corrected chi connectivity index (χ3v) is 10.6. The van der Waals surface area contributed by atoms with Crippen molar-refractivity contribution in [2.75, 3.05) is 0 Å². The Balaban J connectivity index is 1.04. The molecule has 3 heteroatoms. The predicted molar refractivity (Wildman–Crippen MR) is 215 cm³/mol. The Labute approximate surface area is 294 Å². The summed E-state index contributed by atoms with van der Waals surface area (Å²) in [4.78, 5) is 0. The predicted octanol–water partition coefficient (Wildman–Crippen LogP) is 12.6. The summed E-state index contributed by atoms with van der Waals surface area (Å²) in [6, 6.07) is 68.4. The van der Waals surface area contributed by atoms with Crippen molar-refractivity contribution in [1.82, 2.24) is 13.7 Å². The zero-order valence-corrected chi connectivity index (χ0v) is 27.7. The standard InChI is InChI=1S/C48H31N3/c1-6-19-43-37(14-1)38-15-2-7-20-44(38)49(43)34-27-24-32(25-28-34)33-26-29-48-42(30-33)41-18-5-10-23-47(41)51(48)36-13-11-12-35(31-36)50-45-21-8-3-16-39(45)40-17-4-9-22-46(40)50/h1-31H. The summed E-state index contributed by atoms with van der Waals surface area (Å²) in [5.74, 6) is 0. The van der Waals surface area contributed by atoms with Gasteiger partial charge in [-0.3, -0.25) is 0 Å². The highest BCUT2D eigenvalue weighted by Gasteiger charge is 2.17. The molecular formula is C48H31N3. The number of nitrogens with zero attached hydrogens (tertiary/aromatic N) is 3. The highest BCUT2D eigenvalue weighted by atomic mass is 15.0. The fraction of sp³-hybridized carbons (Fsp3) is 0. The molecule has 0 N–H and O–H groups in total. The molecule has 0 atom stereocenters. The van der Waals surface area contributed by atoms with E-state index in [1.807, 2.05) is 0 Å². The van der Waals surface area contributed by atoms with Crippen LogP contribution in [0.25, 0.3) is 93.6 Å². The minimum Gasteiger partial charge on any atom is -0.309 e. The van der Waals surface area contributed by atoms with Crippen molar-refractivity contribution < 1.29 is 0 Å². The van der Waals surface area contributed by atoms with Crippen LogP contribution in [0.1, 0.15) is 0 Å². The first kappa shape index (κ1) is 28.0. The van der Waals surface area contributed by atoms with E-state index < -0.39 is 0 Å². The van der Waals surface area contributed by atoms with Crippen molar-refractivity contribution in [2.45, 2.75) is 0 Å². The molecule has 0 unspecified atom stereocenters. The zero-order valence-electron chi connectivity index (χ0n) is 27.7. The topological polar surface area (TPSA) is 14.8 Å². The normalized spacial score (nSPS) is 11.9. The quantitative estimate of drug-likeness (QED) is 0.180. The zero-order chi connectivity index (χ0) is 33.5. The Morgan fingerprint density at radius 3 is 1.02 bits per heavy atom. The number of benzene rings is 8. The SMILES string of the molecule is c1cc(-n2c3ccccc3c3ccccc32)cc(-n2c3ccccc3c3cc(-c4ccc(-n5c6ccccc6c6ccccc65)cc4)ccc32)c1. The third kappa shape index (κ3) is 4.12. The fourth-order valence-corrected chi connectivity index (χ4v) is 8.41. The molecule has 3 aromatic heterocycles. The lowest BCUT2D eigenvalue weighted by Crippen LogP contribution is -1.98. The molecule has 3 heterocycles. The first-order valence-corrected chi connectivity index (χ1v) is 17.5. The fourth-order valence-electron chi connectivity index (χ4n) is 8.41. The molecule has 0 aliphatic heterocycles. The van der Waals surface area contributed by atoms with Gasteiger partial charge in [0.2, 0.25) is 0 Å². The summed E-state index contributed by atoms with van der Waals surface area (Å²) in [5.41, 5.74) is 13.1. The van der Waals surface area contributed by atoms with E-state index in [-0.39, 0.29) is 0 Å². The molecule has 3 nitrogen and oxygen atoms in total. The molecule has 11 aromatic rings.